The van der Waals surface area contributed by atoms with Crippen LogP contribution in [0.1, 0.15) is 32.4 Å². The molecular formula is C17H20Br2N2O4S. The molecule has 6 nitrogen and oxygen atoms in total. The lowest BCUT2D eigenvalue weighted by Crippen LogP contribution is -2.45. The molecule has 0 spiro atoms. The lowest BCUT2D eigenvalue weighted by molar-refractivity contribution is -0.139. The van der Waals surface area contributed by atoms with Crippen molar-refractivity contribution in [1.82, 2.24) is 10.6 Å². The molecular weight excluding hydrogens is 488 g/mol. The molecule has 1 aromatic carbocycles. The number of esters is 1. The molecule has 0 bridgehead atoms. The van der Waals surface area contributed by atoms with E-state index in [1.54, 1.807) is 21.0 Å². The van der Waals surface area contributed by atoms with E-state index in [2.05, 4.69) is 42.5 Å². The van der Waals surface area contributed by atoms with Crippen LogP contribution in [0.3, 0.4) is 0 Å². The maximum Gasteiger partial charge on any atom is 0.338 e. The van der Waals surface area contributed by atoms with Crippen LogP contribution in [-0.4, -0.2) is 31.4 Å². The summed E-state index contributed by atoms with van der Waals surface area (Å²) < 4.78 is 17.8. The van der Waals surface area contributed by atoms with E-state index in [-0.39, 0.29) is 6.61 Å². The Bertz CT molecular complexity index is 768. The quantitative estimate of drug-likeness (QED) is 0.446. The molecule has 1 aromatic rings. The number of carbonyl (C=O) groups is 1. The van der Waals surface area contributed by atoms with Crippen molar-refractivity contribution < 1.29 is 19.0 Å². The molecule has 0 unspecified atom stereocenters. The number of nitrogens with one attached hydrogen (secondary N) is 2. The minimum absolute atomic E-state index is 0.282. The summed E-state index contributed by atoms with van der Waals surface area (Å²) in [5.74, 6) is 0.720. The van der Waals surface area contributed by atoms with Crippen LogP contribution in [0.25, 0.3) is 0 Å². The fraction of sp³-hybridized carbons (Fsp3) is 0.412. The summed E-state index contributed by atoms with van der Waals surface area (Å²) in [6, 6.07) is 1.32. The van der Waals surface area contributed by atoms with Crippen molar-refractivity contribution in [2.45, 2.75) is 26.8 Å². The van der Waals surface area contributed by atoms with Gasteiger partial charge < -0.3 is 24.8 Å². The molecule has 9 heteroatoms. The summed E-state index contributed by atoms with van der Waals surface area (Å²) in [6.07, 6.45) is 0. The molecule has 2 rings (SSSR count). The van der Waals surface area contributed by atoms with Crippen LogP contribution in [0.2, 0.25) is 0 Å². The monoisotopic (exact) mass is 506 g/mol. The number of benzene rings is 1. The van der Waals surface area contributed by atoms with E-state index in [9.17, 15) is 4.79 Å². The Balaban J connectivity index is 2.63. The molecule has 1 atom stereocenters. The van der Waals surface area contributed by atoms with Crippen LogP contribution >= 0.6 is 44.1 Å². The highest BCUT2D eigenvalue weighted by Gasteiger charge is 2.33. The summed E-state index contributed by atoms with van der Waals surface area (Å²) in [4.78, 5) is 12.5. The number of rotatable bonds is 6. The van der Waals surface area contributed by atoms with Gasteiger partial charge in [0.15, 0.2) is 16.6 Å². The lowest BCUT2D eigenvalue weighted by atomic mass is 9.95. The molecule has 1 aliphatic heterocycles. The van der Waals surface area contributed by atoms with Crippen LogP contribution < -0.4 is 20.1 Å². The number of allylic oxidation sites excluding steroid dienone is 1. The first-order valence-corrected chi connectivity index (χ1v) is 9.99. The summed E-state index contributed by atoms with van der Waals surface area (Å²) in [5.41, 5.74) is 1.87. The zero-order chi connectivity index (χ0) is 19.4. The van der Waals surface area contributed by atoms with Crippen LogP contribution in [0, 0.1) is 0 Å². The highest BCUT2D eigenvalue weighted by molar-refractivity contribution is 9.13. The first kappa shape index (κ1) is 21.0. The zero-order valence-electron chi connectivity index (χ0n) is 14.9. The van der Waals surface area contributed by atoms with Gasteiger partial charge in [-0.2, -0.15) is 0 Å². The minimum atomic E-state index is -0.502. The standard InChI is InChI=1S/C17H20Br2N2O4S/c1-5-24-15-10(23-4)7-9(12(18)13(15)19)14-11(16(22)25-6-2)8(3)20-17(26)21-14/h7,14H,5-6H2,1-4H3,(H2,20,21,26)/t14-/m1/s1. The Morgan fingerprint density at radius 1 is 1.27 bits per heavy atom. The van der Waals surface area contributed by atoms with Gasteiger partial charge in [0, 0.05) is 10.2 Å². The second-order valence-electron chi connectivity index (χ2n) is 5.35. The first-order valence-electron chi connectivity index (χ1n) is 7.99. The Morgan fingerprint density at radius 2 is 1.96 bits per heavy atom. The third-order valence-electron chi connectivity index (χ3n) is 3.74. The van der Waals surface area contributed by atoms with Crippen molar-refractivity contribution in [2.24, 2.45) is 0 Å². The van der Waals surface area contributed by atoms with Crippen molar-refractivity contribution in [3.8, 4) is 11.5 Å². The molecule has 0 aromatic heterocycles. The minimum Gasteiger partial charge on any atom is -0.493 e. The Labute approximate surface area is 174 Å². The topological polar surface area (TPSA) is 68.8 Å². The molecule has 0 saturated carbocycles. The van der Waals surface area contributed by atoms with E-state index >= 15 is 0 Å². The molecule has 0 saturated heterocycles. The molecule has 0 fully saturated rings. The number of halogens is 2. The number of thiocarbonyl (C=S) groups is 1. The number of methoxy groups -OCH3 is 1. The molecule has 142 valence electrons. The third kappa shape index (κ3) is 4.15. The number of carbonyl (C=O) groups excluding carboxylic acids is 1. The van der Waals surface area contributed by atoms with E-state index in [1.165, 1.54) is 0 Å². The van der Waals surface area contributed by atoms with Gasteiger partial charge in [0.1, 0.15) is 0 Å². The lowest BCUT2D eigenvalue weighted by Gasteiger charge is -2.31. The first-order chi connectivity index (χ1) is 12.3. The highest BCUT2D eigenvalue weighted by atomic mass is 79.9. The zero-order valence-corrected chi connectivity index (χ0v) is 18.9. The van der Waals surface area contributed by atoms with Gasteiger partial charge in [-0.15, -0.1) is 0 Å². The second kappa shape index (κ2) is 9.05. The SMILES string of the molecule is CCOC(=O)C1=C(C)NC(=S)N[C@@H]1c1cc(OC)c(OCC)c(Br)c1Br. The fourth-order valence-corrected chi connectivity index (χ4v) is 3.98. The Morgan fingerprint density at radius 3 is 2.54 bits per heavy atom. The van der Waals surface area contributed by atoms with Crippen LogP contribution in [0.5, 0.6) is 11.5 Å². The molecule has 1 heterocycles. The fourth-order valence-electron chi connectivity index (χ4n) is 2.65. The van der Waals surface area contributed by atoms with E-state index < -0.39 is 12.0 Å². The maximum absolute atomic E-state index is 12.5. The van der Waals surface area contributed by atoms with Crippen LogP contribution in [-0.2, 0) is 9.53 Å². The van der Waals surface area contributed by atoms with Gasteiger partial charge in [-0.05, 0) is 76.5 Å². The largest absolute Gasteiger partial charge is 0.493 e. The predicted molar refractivity (Wildman–Crippen MR) is 111 cm³/mol. The summed E-state index contributed by atoms with van der Waals surface area (Å²) in [5, 5.41) is 6.54. The Hall–Kier alpha value is -1.32. The van der Waals surface area contributed by atoms with Gasteiger partial charge in [0.05, 0.1) is 36.4 Å². The predicted octanol–water partition coefficient (Wildman–Crippen LogP) is 3.97. The van der Waals surface area contributed by atoms with Crippen molar-refractivity contribution in [1.29, 1.82) is 0 Å². The number of hydrogen-bond acceptors (Lipinski definition) is 5. The number of hydrogen-bond donors (Lipinski definition) is 2. The summed E-state index contributed by atoms with van der Waals surface area (Å²) >= 11 is 12.4. The maximum atomic E-state index is 12.5. The van der Waals surface area contributed by atoms with Gasteiger partial charge in [-0.25, -0.2) is 4.79 Å². The van der Waals surface area contributed by atoms with Crippen LogP contribution in [0.4, 0.5) is 0 Å². The van der Waals surface area contributed by atoms with Crippen molar-refractivity contribution in [2.75, 3.05) is 20.3 Å². The molecule has 0 amide bonds. The van der Waals surface area contributed by atoms with Crippen molar-refractivity contribution in [3.63, 3.8) is 0 Å². The van der Waals surface area contributed by atoms with E-state index in [1.807, 2.05) is 13.0 Å². The van der Waals surface area contributed by atoms with Gasteiger partial charge in [0.2, 0.25) is 0 Å². The van der Waals surface area contributed by atoms with E-state index in [0.717, 1.165) is 10.0 Å². The van der Waals surface area contributed by atoms with Gasteiger partial charge in [-0.3, -0.25) is 0 Å². The molecule has 1 aliphatic rings. The van der Waals surface area contributed by atoms with E-state index in [0.29, 0.717) is 39.0 Å². The molecule has 0 radical (unpaired) electrons. The summed E-state index contributed by atoms with van der Waals surface area (Å²) in [7, 11) is 1.57. The van der Waals surface area contributed by atoms with Crippen molar-refractivity contribution in [3.05, 3.63) is 31.8 Å². The number of ether oxygens (including phenoxy) is 3. The second-order valence-corrected chi connectivity index (χ2v) is 7.34. The smallest absolute Gasteiger partial charge is 0.338 e. The van der Waals surface area contributed by atoms with Gasteiger partial charge >= 0.3 is 5.97 Å². The van der Waals surface area contributed by atoms with E-state index in [4.69, 9.17) is 26.4 Å². The molecule has 0 aliphatic carbocycles. The third-order valence-corrected chi connectivity index (χ3v) is 6.10. The van der Waals surface area contributed by atoms with Gasteiger partial charge in [0.25, 0.3) is 0 Å². The highest BCUT2D eigenvalue weighted by Crippen LogP contribution is 2.46. The van der Waals surface area contributed by atoms with Crippen molar-refractivity contribution >= 4 is 55.2 Å². The molecule has 26 heavy (non-hydrogen) atoms. The van der Waals surface area contributed by atoms with Crippen LogP contribution in [0.15, 0.2) is 26.3 Å². The normalized spacial score (nSPS) is 16.7. The average Bonchev–Trinajstić information content (AvgIpc) is 2.58. The average molecular weight is 508 g/mol. The molecule has 2 N–H and O–H groups in total. The van der Waals surface area contributed by atoms with Gasteiger partial charge in [-0.1, -0.05) is 0 Å². The summed E-state index contributed by atoms with van der Waals surface area (Å²) in [6.45, 7) is 6.23. The Kier molecular flexibility index (Phi) is 7.31.